The van der Waals surface area contributed by atoms with Crippen LogP contribution in [0.15, 0.2) is 42.6 Å². The minimum Gasteiger partial charge on any atom is -0.494 e. The number of carbonyl (C=O) groups excluding carboxylic acids is 1. The van der Waals surface area contributed by atoms with Gasteiger partial charge < -0.3 is 20.1 Å². The Morgan fingerprint density at radius 3 is 2.78 bits per heavy atom. The Balaban J connectivity index is 1.59. The van der Waals surface area contributed by atoms with Crippen LogP contribution in [0.3, 0.4) is 0 Å². The number of nitrogens with one attached hydrogen (secondary N) is 2. The fraction of sp³-hybridized carbons (Fsp3) is 0.429. The van der Waals surface area contributed by atoms with Gasteiger partial charge in [-0.1, -0.05) is 19.4 Å². The van der Waals surface area contributed by atoms with Crippen LogP contribution in [0.1, 0.15) is 38.2 Å². The van der Waals surface area contributed by atoms with Gasteiger partial charge in [0.25, 0.3) is 0 Å². The predicted octanol–water partition coefficient (Wildman–Crippen LogP) is 3.42. The van der Waals surface area contributed by atoms with Crippen LogP contribution in [0.5, 0.6) is 17.4 Å². The van der Waals surface area contributed by atoms with E-state index in [1.165, 1.54) is 0 Å². The molecule has 1 aromatic carbocycles. The first kappa shape index (κ1) is 19.2. The van der Waals surface area contributed by atoms with Gasteiger partial charge in [-0.2, -0.15) is 0 Å². The molecule has 0 unspecified atom stereocenters. The number of benzene rings is 1. The molecule has 0 spiro atoms. The molecule has 144 valence electrons. The van der Waals surface area contributed by atoms with Crippen molar-refractivity contribution >= 4 is 5.91 Å². The molecule has 27 heavy (non-hydrogen) atoms. The molecule has 3 rings (SSSR count). The summed E-state index contributed by atoms with van der Waals surface area (Å²) in [5, 5.41) is 6.24. The number of pyridine rings is 1. The smallest absolute Gasteiger partial charge is 0.237 e. The van der Waals surface area contributed by atoms with Gasteiger partial charge in [-0.15, -0.1) is 0 Å². The van der Waals surface area contributed by atoms with Crippen molar-refractivity contribution in [1.29, 1.82) is 0 Å². The Morgan fingerprint density at radius 1 is 1.22 bits per heavy atom. The Bertz CT molecular complexity index is 728. The SMILES string of the molecule is CCCOc1ccc(Oc2ncccc2CNC(=O)[C@H]2CCCCN2)cc1. The quantitative estimate of drug-likeness (QED) is 0.746. The topological polar surface area (TPSA) is 72.5 Å². The third-order valence-corrected chi connectivity index (χ3v) is 4.44. The van der Waals surface area contributed by atoms with E-state index in [1.807, 2.05) is 36.4 Å². The molecule has 1 aliphatic rings. The van der Waals surface area contributed by atoms with Crippen molar-refractivity contribution in [1.82, 2.24) is 15.6 Å². The molecule has 0 saturated carbocycles. The van der Waals surface area contributed by atoms with Crippen molar-refractivity contribution in [3.63, 3.8) is 0 Å². The molecule has 1 fully saturated rings. The molecule has 2 aromatic rings. The fourth-order valence-electron chi connectivity index (χ4n) is 2.97. The van der Waals surface area contributed by atoms with E-state index in [-0.39, 0.29) is 11.9 Å². The summed E-state index contributed by atoms with van der Waals surface area (Å²) in [6.45, 7) is 4.05. The molecule has 6 nitrogen and oxygen atoms in total. The van der Waals surface area contributed by atoms with E-state index in [0.29, 0.717) is 24.8 Å². The summed E-state index contributed by atoms with van der Waals surface area (Å²) < 4.78 is 11.5. The van der Waals surface area contributed by atoms with Gasteiger partial charge in [0, 0.05) is 18.3 Å². The van der Waals surface area contributed by atoms with Crippen LogP contribution in [0.25, 0.3) is 0 Å². The van der Waals surface area contributed by atoms with Crippen LogP contribution >= 0.6 is 0 Å². The van der Waals surface area contributed by atoms with E-state index in [0.717, 1.165) is 43.5 Å². The molecular formula is C21H27N3O3. The maximum Gasteiger partial charge on any atom is 0.237 e. The number of piperidine rings is 1. The highest BCUT2D eigenvalue weighted by Crippen LogP contribution is 2.25. The van der Waals surface area contributed by atoms with Crippen LogP contribution in [0, 0.1) is 0 Å². The normalized spacial score (nSPS) is 16.6. The minimum absolute atomic E-state index is 0.0296. The molecule has 1 aliphatic heterocycles. The van der Waals surface area contributed by atoms with Gasteiger partial charge in [0.1, 0.15) is 11.5 Å². The number of hydrogen-bond acceptors (Lipinski definition) is 5. The summed E-state index contributed by atoms with van der Waals surface area (Å²) in [4.78, 5) is 16.6. The van der Waals surface area contributed by atoms with Crippen LogP contribution in [-0.2, 0) is 11.3 Å². The number of rotatable bonds is 8. The molecule has 1 aromatic heterocycles. The minimum atomic E-state index is -0.101. The van der Waals surface area contributed by atoms with Crippen molar-refractivity contribution in [2.24, 2.45) is 0 Å². The molecule has 1 saturated heterocycles. The summed E-state index contributed by atoms with van der Waals surface area (Å²) in [7, 11) is 0. The highest BCUT2D eigenvalue weighted by atomic mass is 16.5. The van der Waals surface area contributed by atoms with E-state index < -0.39 is 0 Å². The van der Waals surface area contributed by atoms with Crippen molar-refractivity contribution < 1.29 is 14.3 Å². The average molecular weight is 369 g/mol. The lowest BCUT2D eigenvalue weighted by molar-refractivity contribution is -0.123. The van der Waals surface area contributed by atoms with Gasteiger partial charge in [0.2, 0.25) is 11.8 Å². The molecular weight excluding hydrogens is 342 g/mol. The van der Waals surface area contributed by atoms with E-state index in [2.05, 4.69) is 22.5 Å². The summed E-state index contributed by atoms with van der Waals surface area (Å²) in [6.07, 6.45) is 5.76. The summed E-state index contributed by atoms with van der Waals surface area (Å²) >= 11 is 0. The fourth-order valence-corrected chi connectivity index (χ4v) is 2.97. The van der Waals surface area contributed by atoms with Crippen molar-refractivity contribution in [3.05, 3.63) is 48.2 Å². The van der Waals surface area contributed by atoms with E-state index in [4.69, 9.17) is 9.47 Å². The lowest BCUT2D eigenvalue weighted by Gasteiger charge is -2.22. The van der Waals surface area contributed by atoms with Crippen LogP contribution < -0.4 is 20.1 Å². The van der Waals surface area contributed by atoms with E-state index in [9.17, 15) is 4.79 Å². The van der Waals surface area contributed by atoms with Crippen LogP contribution in [0.2, 0.25) is 0 Å². The predicted molar refractivity (Wildman–Crippen MR) is 104 cm³/mol. The van der Waals surface area contributed by atoms with Crippen LogP contribution in [0.4, 0.5) is 0 Å². The first-order valence-corrected chi connectivity index (χ1v) is 9.62. The van der Waals surface area contributed by atoms with Crippen molar-refractivity contribution in [2.45, 2.75) is 45.2 Å². The van der Waals surface area contributed by atoms with Gasteiger partial charge in [-0.3, -0.25) is 4.79 Å². The Labute approximate surface area is 160 Å². The molecule has 0 bridgehead atoms. The Hall–Kier alpha value is -2.60. The van der Waals surface area contributed by atoms with E-state index in [1.54, 1.807) is 6.20 Å². The first-order valence-electron chi connectivity index (χ1n) is 9.62. The zero-order valence-electron chi connectivity index (χ0n) is 15.7. The molecule has 1 amide bonds. The van der Waals surface area contributed by atoms with Crippen molar-refractivity contribution in [3.8, 4) is 17.4 Å². The maximum absolute atomic E-state index is 12.3. The lowest BCUT2D eigenvalue weighted by Crippen LogP contribution is -2.46. The summed E-state index contributed by atoms with van der Waals surface area (Å²) in [5.41, 5.74) is 0.841. The zero-order valence-corrected chi connectivity index (χ0v) is 15.7. The summed E-state index contributed by atoms with van der Waals surface area (Å²) in [6, 6.07) is 11.1. The second-order valence-electron chi connectivity index (χ2n) is 6.61. The van der Waals surface area contributed by atoms with Gasteiger partial charge in [-0.05, 0) is 56.1 Å². The van der Waals surface area contributed by atoms with Crippen LogP contribution in [-0.4, -0.2) is 30.1 Å². The second kappa shape index (κ2) is 9.92. The molecule has 0 radical (unpaired) electrons. The Morgan fingerprint density at radius 2 is 2.04 bits per heavy atom. The third kappa shape index (κ3) is 5.69. The molecule has 2 N–H and O–H groups in total. The molecule has 0 aliphatic carbocycles. The van der Waals surface area contributed by atoms with Gasteiger partial charge in [0.05, 0.1) is 12.6 Å². The van der Waals surface area contributed by atoms with E-state index >= 15 is 0 Å². The maximum atomic E-state index is 12.3. The number of aromatic nitrogens is 1. The standard InChI is InChI=1S/C21H27N3O3/c1-2-14-26-17-8-10-18(11-9-17)27-21-16(6-5-13-23-21)15-24-20(25)19-7-3-4-12-22-19/h5-6,8-11,13,19,22H,2-4,7,12,14-15H2,1H3,(H,24,25)/t19-/m1/s1. The van der Waals surface area contributed by atoms with Gasteiger partial charge in [0.15, 0.2) is 0 Å². The summed E-state index contributed by atoms with van der Waals surface area (Å²) in [5.74, 6) is 2.02. The molecule has 2 heterocycles. The number of nitrogens with zero attached hydrogens (tertiary/aromatic N) is 1. The van der Waals surface area contributed by atoms with Gasteiger partial charge >= 0.3 is 0 Å². The third-order valence-electron chi connectivity index (χ3n) is 4.44. The second-order valence-corrected chi connectivity index (χ2v) is 6.61. The largest absolute Gasteiger partial charge is 0.494 e. The van der Waals surface area contributed by atoms with Crippen molar-refractivity contribution in [2.75, 3.05) is 13.2 Å². The monoisotopic (exact) mass is 369 g/mol. The molecule has 6 heteroatoms. The number of hydrogen-bond donors (Lipinski definition) is 2. The number of ether oxygens (including phenoxy) is 2. The highest BCUT2D eigenvalue weighted by Gasteiger charge is 2.20. The zero-order chi connectivity index (χ0) is 18.9. The highest BCUT2D eigenvalue weighted by molar-refractivity contribution is 5.81. The Kier molecular flexibility index (Phi) is 7.04. The average Bonchev–Trinajstić information content (AvgIpc) is 2.73. The number of amides is 1. The molecule has 1 atom stereocenters. The first-order chi connectivity index (χ1) is 13.3. The number of carbonyl (C=O) groups is 1. The van der Waals surface area contributed by atoms with Gasteiger partial charge in [-0.25, -0.2) is 4.98 Å². The lowest BCUT2D eigenvalue weighted by atomic mass is 10.0.